The van der Waals surface area contributed by atoms with Gasteiger partial charge in [0.15, 0.2) is 5.11 Å². The second-order valence-corrected chi connectivity index (χ2v) is 5.20. The molecule has 0 spiro atoms. The van der Waals surface area contributed by atoms with E-state index in [0.717, 1.165) is 24.4 Å². The number of hydrogen-bond acceptors (Lipinski definition) is 2. The largest absolute Gasteiger partial charge is 0.497 e. The van der Waals surface area contributed by atoms with Crippen LogP contribution in [0.4, 0.5) is 5.69 Å². The predicted octanol–water partition coefficient (Wildman–Crippen LogP) is 3.53. The van der Waals surface area contributed by atoms with Crippen molar-refractivity contribution in [3.8, 4) is 5.75 Å². The van der Waals surface area contributed by atoms with Gasteiger partial charge in [0.05, 0.1) is 7.11 Å². The van der Waals surface area contributed by atoms with Crippen molar-refractivity contribution >= 4 is 23.0 Å². The summed E-state index contributed by atoms with van der Waals surface area (Å²) in [7, 11) is 1.65. The first-order chi connectivity index (χ1) is 10.2. The highest BCUT2D eigenvalue weighted by Gasteiger charge is 2.00. The summed E-state index contributed by atoms with van der Waals surface area (Å²) in [6.45, 7) is 2.93. The van der Waals surface area contributed by atoms with E-state index in [2.05, 4.69) is 41.8 Å². The van der Waals surface area contributed by atoms with E-state index >= 15 is 0 Å². The lowest BCUT2D eigenvalue weighted by Gasteiger charge is -2.12. The molecule has 0 saturated carbocycles. The number of hydrogen-bond donors (Lipinski definition) is 2. The van der Waals surface area contributed by atoms with Crippen LogP contribution in [0.1, 0.15) is 11.1 Å². The zero-order valence-electron chi connectivity index (χ0n) is 12.3. The highest BCUT2D eigenvalue weighted by molar-refractivity contribution is 7.80. The van der Waals surface area contributed by atoms with Gasteiger partial charge in [0.1, 0.15) is 5.75 Å². The molecular formula is C17H20N2OS. The number of aryl methyl sites for hydroxylation is 1. The van der Waals surface area contributed by atoms with E-state index in [1.165, 1.54) is 11.1 Å². The summed E-state index contributed by atoms with van der Waals surface area (Å²) in [6, 6.07) is 16.1. The third-order valence-corrected chi connectivity index (χ3v) is 3.52. The summed E-state index contributed by atoms with van der Waals surface area (Å²) in [5.74, 6) is 0.808. The fraction of sp³-hybridized carbons (Fsp3) is 0.235. The second-order valence-electron chi connectivity index (χ2n) is 4.79. The number of rotatable bonds is 5. The van der Waals surface area contributed by atoms with Gasteiger partial charge in [-0.3, -0.25) is 0 Å². The summed E-state index contributed by atoms with van der Waals surface area (Å²) >= 11 is 5.30. The molecule has 0 aromatic heterocycles. The minimum Gasteiger partial charge on any atom is -0.497 e. The Balaban J connectivity index is 1.81. The number of ether oxygens (including phenoxy) is 1. The van der Waals surface area contributed by atoms with E-state index in [9.17, 15) is 0 Å². The van der Waals surface area contributed by atoms with Crippen molar-refractivity contribution in [1.29, 1.82) is 0 Å². The van der Waals surface area contributed by atoms with Crippen LogP contribution in [0.3, 0.4) is 0 Å². The van der Waals surface area contributed by atoms with Crippen LogP contribution in [-0.4, -0.2) is 18.8 Å². The quantitative estimate of drug-likeness (QED) is 0.828. The molecule has 2 rings (SSSR count). The van der Waals surface area contributed by atoms with Crippen LogP contribution in [-0.2, 0) is 6.42 Å². The number of methoxy groups -OCH3 is 1. The van der Waals surface area contributed by atoms with Gasteiger partial charge < -0.3 is 15.4 Å². The van der Waals surface area contributed by atoms with E-state index in [0.29, 0.717) is 5.11 Å². The molecule has 0 bridgehead atoms. The van der Waals surface area contributed by atoms with Crippen LogP contribution in [0, 0.1) is 6.92 Å². The van der Waals surface area contributed by atoms with Crippen molar-refractivity contribution in [2.24, 2.45) is 0 Å². The third-order valence-electron chi connectivity index (χ3n) is 3.27. The Morgan fingerprint density at radius 1 is 1.14 bits per heavy atom. The molecule has 0 amide bonds. The first kappa shape index (κ1) is 15.3. The lowest BCUT2D eigenvalue weighted by molar-refractivity contribution is 0.415. The van der Waals surface area contributed by atoms with Gasteiger partial charge in [-0.2, -0.15) is 0 Å². The molecule has 110 valence electrons. The SMILES string of the molecule is COc1cccc(NC(=S)NCCc2ccccc2C)c1. The van der Waals surface area contributed by atoms with Crippen LogP contribution in [0.5, 0.6) is 5.75 Å². The Morgan fingerprint density at radius 2 is 1.95 bits per heavy atom. The molecule has 2 aromatic carbocycles. The van der Waals surface area contributed by atoms with Gasteiger partial charge in [0.2, 0.25) is 0 Å². The highest BCUT2D eigenvalue weighted by atomic mass is 32.1. The van der Waals surface area contributed by atoms with Gasteiger partial charge in [0.25, 0.3) is 0 Å². The molecule has 21 heavy (non-hydrogen) atoms. The minimum atomic E-state index is 0.622. The van der Waals surface area contributed by atoms with Crippen LogP contribution in [0.2, 0.25) is 0 Å². The molecule has 2 N–H and O–H groups in total. The Kier molecular flexibility index (Phi) is 5.58. The molecule has 0 radical (unpaired) electrons. The van der Waals surface area contributed by atoms with E-state index in [1.54, 1.807) is 7.11 Å². The number of thiocarbonyl (C=S) groups is 1. The van der Waals surface area contributed by atoms with Gasteiger partial charge in [-0.25, -0.2) is 0 Å². The van der Waals surface area contributed by atoms with Crippen molar-refractivity contribution in [3.05, 3.63) is 59.7 Å². The highest BCUT2D eigenvalue weighted by Crippen LogP contribution is 2.16. The topological polar surface area (TPSA) is 33.3 Å². The zero-order valence-corrected chi connectivity index (χ0v) is 13.2. The van der Waals surface area contributed by atoms with Gasteiger partial charge >= 0.3 is 0 Å². The Hall–Kier alpha value is -2.07. The molecule has 2 aromatic rings. The molecule has 0 saturated heterocycles. The molecule has 0 aliphatic carbocycles. The monoisotopic (exact) mass is 300 g/mol. The van der Waals surface area contributed by atoms with E-state index < -0.39 is 0 Å². The van der Waals surface area contributed by atoms with Crippen LogP contribution in [0.15, 0.2) is 48.5 Å². The van der Waals surface area contributed by atoms with Gasteiger partial charge in [-0.05, 0) is 48.8 Å². The Bertz CT molecular complexity index is 613. The van der Waals surface area contributed by atoms with E-state index in [-0.39, 0.29) is 0 Å². The summed E-state index contributed by atoms with van der Waals surface area (Å²) in [5.41, 5.74) is 3.57. The molecular weight excluding hydrogens is 280 g/mol. The maximum absolute atomic E-state index is 5.30. The molecule has 3 nitrogen and oxygen atoms in total. The van der Waals surface area contributed by atoms with Crippen LogP contribution < -0.4 is 15.4 Å². The average Bonchev–Trinajstić information content (AvgIpc) is 2.49. The normalized spacial score (nSPS) is 10.0. The summed E-state index contributed by atoms with van der Waals surface area (Å²) in [6.07, 6.45) is 0.951. The summed E-state index contributed by atoms with van der Waals surface area (Å²) in [4.78, 5) is 0. The molecule has 4 heteroatoms. The third kappa shape index (κ3) is 4.76. The van der Waals surface area contributed by atoms with Crippen molar-refractivity contribution in [2.75, 3.05) is 19.0 Å². The van der Waals surface area contributed by atoms with Crippen molar-refractivity contribution in [1.82, 2.24) is 5.32 Å². The Labute approximate surface area is 131 Å². The first-order valence-corrected chi connectivity index (χ1v) is 7.33. The fourth-order valence-electron chi connectivity index (χ4n) is 2.08. The fourth-order valence-corrected chi connectivity index (χ4v) is 2.30. The van der Waals surface area contributed by atoms with Gasteiger partial charge in [0, 0.05) is 18.3 Å². The van der Waals surface area contributed by atoms with Gasteiger partial charge in [-0.15, -0.1) is 0 Å². The molecule has 0 fully saturated rings. The molecule has 0 heterocycles. The molecule has 0 aliphatic rings. The standard InChI is InChI=1S/C17H20N2OS/c1-13-6-3-4-7-14(13)10-11-18-17(21)19-15-8-5-9-16(12-15)20-2/h3-9,12H,10-11H2,1-2H3,(H2,18,19,21). The smallest absolute Gasteiger partial charge is 0.170 e. The van der Waals surface area contributed by atoms with Crippen molar-refractivity contribution in [2.45, 2.75) is 13.3 Å². The second kappa shape index (κ2) is 7.64. The van der Waals surface area contributed by atoms with Gasteiger partial charge in [-0.1, -0.05) is 30.3 Å². The predicted molar refractivity (Wildman–Crippen MR) is 92.1 cm³/mol. The number of benzene rings is 2. The minimum absolute atomic E-state index is 0.622. The number of nitrogens with one attached hydrogen (secondary N) is 2. The first-order valence-electron chi connectivity index (χ1n) is 6.92. The lowest BCUT2D eigenvalue weighted by Crippen LogP contribution is -2.30. The zero-order chi connectivity index (χ0) is 15.1. The Morgan fingerprint density at radius 3 is 2.71 bits per heavy atom. The summed E-state index contributed by atoms with van der Waals surface area (Å²) < 4.78 is 5.18. The average molecular weight is 300 g/mol. The van der Waals surface area contributed by atoms with Crippen molar-refractivity contribution in [3.63, 3.8) is 0 Å². The maximum Gasteiger partial charge on any atom is 0.170 e. The van der Waals surface area contributed by atoms with Crippen molar-refractivity contribution < 1.29 is 4.74 Å². The van der Waals surface area contributed by atoms with E-state index in [4.69, 9.17) is 17.0 Å². The van der Waals surface area contributed by atoms with E-state index in [1.807, 2.05) is 24.3 Å². The number of anilines is 1. The summed E-state index contributed by atoms with van der Waals surface area (Å²) in [5, 5.41) is 7.00. The lowest BCUT2D eigenvalue weighted by atomic mass is 10.1. The maximum atomic E-state index is 5.30. The van der Waals surface area contributed by atoms with Crippen LogP contribution in [0.25, 0.3) is 0 Å². The van der Waals surface area contributed by atoms with Crippen LogP contribution >= 0.6 is 12.2 Å². The molecule has 0 unspecified atom stereocenters. The molecule has 0 atom stereocenters. The molecule has 0 aliphatic heterocycles.